The first-order valence-corrected chi connectivity index (χ1v) is 1.44. The molecule has 38 valence electrons. The molecule has 0 aromatic rings. The molecule has 0 rings (SSSR count). The minimum absolute atomic E-state index is 0. The predicted molar refractivity (Wildman–Crippen MR) is 34.0 cm³/mol. The summed E-state index contributed by atoms with van der Waals surface area (Å²) in [6.07, 6.45) is 0. The van der Waals surface area contributed by atoms with E-state index < -0.39 is 0 Å². The molecule has 0 bridgehead atoms. The van der Waals surface area contributed by atoms with Crippen molar-refractivity contribution < 1.29 is 0 Å². The Morgan fingerprint density at radius 3 is 1.83 bits per heavy atom. The summed E-state index contributed by atoms with van der Waals surface area (Å²) >= 11 is 4.24. The summed E-state index contributed by atoms with van der Waals surface area (Å²) in [7, 11) is 0. The molecule has 0 amide bonds. The minimum atomic E-state index is 0. The second kappa shape index (κ2) is 5.53. The first kappa shape index (κ1) is 9.73. The van der Waals surface area contributed by atoms with Crippen molar-refractivity contribution in [3.63, 3.8) is 0 Å². The van der Waals surface area contributed by atoms with Gasteiger partial charge in [-0.05, 0) is 12.2 Å². The van der Waals surface area contributed by atoms with E-state index in [1.54, 1.807) is 0 Å². The van der Waals surface area contributed by atoms with Gasteiger partial charge in [0, 0.05) is 0 Å². The molecule has 0 heterocycles. The molecule has 0 saturated heterocycles. The molecule has 0 spiro atoms. The van der Waals surface area contributed by atoms with Crippen LogP contribution in [0.3, 0.4) is 0 Å². The van der Waals surface area contributed by atoms with E-state index in [9.17, 15) is 0 Å². The predicted octanol–water partition coefficient (Wildman–Crippen LogP) is -2.49. The van der Waals surface area contributed by atoms with Gasteiger partial charge in [-0.15, -0.1) is 0 Å². The fourth-order valence-corrected chi connectivity index (χ4v) is 0. The molecule has 5 heteroatoms. The number of hydrogen-bond donors (Lipinski definition) is 3. The second-order valence-electron chi connectivity index (χ2n) is 0.509. The first-order valence-electron chi connectivity index (χ1n) is 1.03. The summed E-state index contributed by atoms with van der Waals surface area (Å²) in [5.74, 6) is 4.66. The Morgan fingerprint density at radius 1 is 1.67 bits per heavy atom. The third-order valence-corrected chi connectivity index (χ3v) is 0.260. The van der Waals surface area contributed by atoms with Crippen molar-refractivity contribution in [2.45, 2.75) is 0 Å². The molecule has 5 N–H and O–H groups in total. The van der Waals surface area contributed by atoms with E-state index in [1.807, 2.05) is 5.43 Å². The maximum atomic E-state index is 4.79. The van der Waals surface area contributed by atoms with E-state index >= 15 is 0 Å². The molecule has 0 saturated carbocycles. The van der Waals surface area contributed by atoms with E-state index in [0.29, 0.717) is 0 Å². The van der Waals surface area contributed by atoms with Crippen molar-refractivity contribution in [2.24, 2.45) is 11.6 Å². The number of hydrogen-bond acceptors (Lipinski definition) is 2. The Hall–Kier alpha value is 0.533. The van der Waals surface area contributed by atoms with Gasteiger partial charge in [0.05, 0.1) is 0 Å². The van der Waals surface area contributed by atoms with E-state index in [0.717, 1.165) is 0 Å². The molecule has 0 fully saturated rings. The van der Waals surface area contributed by atoms with Crippen LogP contribution in [0.15, 0.2) is 0 Å². The Bertz CT molecular complexity index is 46.1. The van der Waals surface area contributed by atoms with Crippen LogP contribution < -0.4 is 17.0 Å². The quantitative estimate of drug-likeness (QED) is 0.201. The van der Waals surface area contributed by atoms with Crippen LogP contribution in [0.25, 0.3) is 0 Å². The first-order chi connectivity index (χ1) is 2.27. The average molecular weight is 303 g/mol. The van der Waals surface area contributed by atoms with E-state index in [-0.39, 0.29) is 31.3 Å². The number of thiocarbonyl (C=S) groups is 1. The average Bonchev–Trinajstić information content (AvgIpc) is 1.38. The van der Waals surface area contributed by atoms with Gasteiger partial charge in [0.25, 0.3) is 0 Å². The van der Waals surface area contributed by atoms with E-state index in [4.69, 9.17) is 5.73 Å². The summed E-state index contributed by atoms with van der Waals surface area (Å²) in [5, 5.41) is 0.116. The maximum absolute atomic E-state index is 4.79. The van der Waals surface area contributed by atoms with Gasteiger partial charge in [0.15, 0.2) is 5.11 Å². The second-order valence-corrected chi connectivity index (χ2v) is 0.948. The van der Waals surface area contributed by atoms with Crippen LogP contribution in [0.5, 0.6) is 0 Å². The van der Waals surface area contributed by atoms with Gasteiger partial charge in [0.1, 0.15) is 0 Å². The van der Waals surface area contributed by atoms with Crippen molar-refractivity contribution in [1.29, 1.82) is 0 Å². The van der Waals surface area contributed by atoms with Crippen molar-refractivity contribution >= 4 is 43.5 Å². The zero-order valence-corrected chi connectivity index (χ0v) is 9.58. The molecule has 0 aliphatic heterocycles. The summed E-state index contributed by atoms with van der Waals surface area (Å²) in [6, 6.07) is 0. The number of nitrogens with one attached hydrogen (secondary N) is 1. The molecule has 0 aromatic carbocycles. The van der Waals surface area contributed by atoms with Crippen LogP contribution in [0.4, 0.5) is 0 Å². The third-order valence-electron chi connectivity index (χ3n) is 0.142. The third kappa shape index (κ3) is 8.82. The van der Waals surface area contributed by atoms with Crippen molar-refractivity contribution in [2.75, 3.05) is 0 Å². The Balaban J connectivity index is 0. The molecule has 6 heavy (non-hydrogen) atoms. The van der Waals surface area contributed by atoms with Gasteiger partial charge >= 0.3 is 26.2 Å². The zero-order valence-electron chi connectivity index (χ0n) is 3.27. The molecule has 0 aromatic heterocycles. The van der Waals surface area contributed by atoms with E-state index in [2.05, 4.69) is 18.1 Å². The van der Waals surface area contributed by atoms with Gasteiger partial charge in [0.2, 0.25) is 0 Å². The fraction of sp³-hybridized carbons (Fsp3) is 0. The molecule has 0 aliphatic rings. The Morgan fingerprint density at radius 2 is 1.83 bits per heavy atom. The van der Waals surface area contributed by atoms with Gasteiger partial charge in [-0.25, -0.2) is 5.84 Å². The standard InChI is InChI=1S/CH5N3S.Bi.3H/c2-1(5)4-3;;;;/h3H2,(H3,2,4,5);;;;. The van der Waals surface area contributed by atoms with Crippen molar-refractivity contribution in [3.05, 3.63) is 0 Å². The summed E-state index contributed by atoms with van der Waals surface area (Å²) in [4.78, 5) is 0. The van der Waals surface area contributed by atoms with Gasteiger partial charge < -0.3 is 11.2 Å². The number of nitrogens with two attached hydrogens (primary N) is 2. The zero-order chi connectivity index (χ0) is 4.28. The fourth-order valence-electron chi connectivity index (χ4n) is 0. The Labute approximate surface area is 60.5 Å². The van der Waals surface area contributed by atoms with Crippen LogP contribution in [0.1, 0.15) is 0 Å². The van der Waals surface area contributed by atoms with Gasteiger partial charge in [-0.2, -0.15) is 0 Å². The summed E-state index contributed by atoms with van der Waals surface area (Å²) in [6.45, 7) is 0. The molecule has 0 unspecified atom stereocenters. The van der Waals surface area contributed by atoms with E-state index in [1.165, 1.54) is 0 Å². The molecule has 3 nitrogen and oxygen atoms in total. The van der Waals surface area contributed by atoms with Crippen molar-refractivity contribution in [3.8, 4) is 0 Å². The molecule has 0 aliphatic carbocycles. The molecular formula is CH8BiN3S. The normalized spacial score (nSPS) is 5.50. The van der Waals surface area contributed by atoms with Crippen LogP contribution in [-0.4, -0.2) is 31.3 Å². The monoisotopic (exact) mass is 303 g/mol. The number of hydrazine groups is 1. The number of rotatable bonds is 0. The SMILES string of the molecule is NNC(N)=S.[BiH3]. The summed E-state index contributed by atoms with van der Waals surface area (Å²) < 4.78 is 0. The molecule has 0 atom stereocenters. The molecular weight excluding hydrogens is 295 g/mol. The van der Waals surface area contributed by atoms with Crippen LogP contribution in [0.2, 0.25) is 0 Å². The van der Waals surface area contributed by atoms with Crippen LogP contribution in [0, 0.1) is 0 Å². The molecule has 0 radical (unpaired) electrons. The summed E-state index contributed by atoms with van der Waals surface area (Å²) in [5.41, 5.74) is 6.82. The van der Waals surface area contributed by atoms with Gasteiger partial charge in [-0.1, -0.05) is 0 Å². The van der Waals surface area contributed by atoms with Gasteiger partial charge in [-0.3, -0.25) is 0 Å². The van der Waals surface area contributed by atoms with Crippen LogP contribution >= 0.6 is 12.2 Å². The topological polar surface area (TPSA) is 64.1 Å². The Kier molecular flexibility index (Phi) is 8.98. The van der Waals surface area contributed by atoms with Crippen molar-refractivity contribution in [1.82, 2.24) is 5.43 Å². The van der Waals surface area contributed by atoms with Crippen LogP contribution in [-0.2, 0) is 0 Å².